The van der Waals surface area contributed by atoms with E-state index in [1.807, 2.05) is 29.6 Å². The second-order valence-electron chi connectivity index (χ2n) is 4.68. The maximum absolute atomic E-state index is 12.5. The Labute approximate surface area is 125 Å². The van der Waals surface area contributed by atoms with Gasteiger partial charge in [-0.2, -0.15) is 0 Å². The van der Waals surface area contributed by atoms with Gasteiger partial charge in [-0.05, 0) is 6.07 Å². The van der Waals surface area contributed by atoms with Crippen LogP contribution in [0, 0.1) is 0 Å². The average Bonchev–Trinajstić information content (AvgIpc) is 3.07. The van der Waals surface area contributed by atoms with Gasteiger partial charge in [0.25, 0.3) is 0 Å². The highest BCUT2D eigenvalue weighted by Crippen LogP contribution is 2.23. The third-order valence-corrected chi connectivity index (χ3v) is 3.99. The molecule has 6 heteroatoms. The Kier molecular flexibility index (Phi) is 3.53. The summed E-state index contributed by atoms with van der Waals surface area (Å²) >= 11 is 1.46. The van der Waals surface area contributed by atoms with Gasteiger partial charge in [-0.3, -0.25) is 9.59 Å². The molecule has 3 aromatic rings. The second-order valence-corrected chi connectivity index (χ2v) is 5.66. The zero-order chi connectivity index (χ0) is 14.8. The van der Waals surface area contributed by atoms with E-state index in [0.29, 0.717) is 5.56 Å². The van der Waals surface area contributed by atoms with Gasteiger partial charge >= 0.3 is 0 Å². The van der Waals surface area contributed by atoms with E-state index in [-0.39, 0.29) is 18.7 Å². The molecule has 0 aliphatic carbocycles. The number of thiazole rings is 1. The van der Waals surface area contributed by atoms with Crippen LogP contribution in [0.5, 0.6) is 0 Å². The third kappa shape index (κ3) is 2.71. The topological polar surface area (TPSA) is 78.0 Å². The van der Waals surface area contributed by atoms with Crippen molar-refractivity contribution in [3.63, 3.8) is 0 Å². The normalized spacial score (nSPS) is 10.9. The van der Waals surface area contributed by atoms with Crippen molar-refractivity contribution in [1.29, 1.82) is 0 Å². The standard InChI is InChI=1S/C15H13N3O2S/c16-14(20)9-18-8-11(10-3-1-2-4-12(10)18)13(19)7-15-17-5-6-21-15/h1-6,8H,7,9H2,(H2,16,20). The number of nitrogens with zero attached hydrogens (tertiary/aromatic N) is 2. The summed E-state index contributed by atoms with van der Waals surface area (Å²) in [5.41, 5.74) is 6.69. The number of hydrogen-bond acceptors (Lipinski definition) is 4. The first-order valence-electron chi connectivity index (χ1n) is 6.43. The molecule has 2 aromatic heterocycles. The number of para-hydroxylation sites is 1. The van der Waals surface area contributed by atoms with E-state index in [4.69, 9.17) is 5.73 Å². The van der Waals surface area contributed by atoms with E-state index in [1.165, 1.54) is 11.3 Å². The van der Waals surface area contributed by atoms with Crippen molar-refractivity contribution in [2.24, 2.45) is 5.73 Å². The Balaban J connectivity index is 2.01. The molecule has 0 atom stereocenters. The number of rotatable bonds is 5. The lowest BCUT2D eigenvalue weighted by atomic mass is 10.1. The van der Waals surface area contributed by atoms with Gasteiger partial charge in [0.05, 0.1) is 6.42 Å². The number of ketones is 1. The maximum atomic E-state index is 12.5. The van der Waals surface area contributed by atoms with Crippen molar-refractivity contribution < 1.29 is 9.59 Å². The van der Waals surface area contributed by atoms with Gasteiger partial charge in [-0.25, -0.2) is 4.98 Å². The zero-order valence-corrected chi connectivity index (χ0v) is 12.0. The van der Waals surface area contributed by atoms with Crippen molar-refractivity contribution in [1.82, 2.24) is 9.55 Å². The van der Waals surface area contributed by atoms with Gasteiger partial charge in [0, 0.05) is 34.2 Å². The smallest absolute Gasteiger partial charge is 0.237 e. The van der Waals surface area contributed by atoms with Crippen LogP contribution in [0.4, 0.5) is 0 Å². The Hall–Kier alpha value is -2.47. The first-order chi connectivity index (χ1) is 10.1. The van der Waals surface area contributed by atoms with E-state index in [9.17, 15) is 9.59 Å². The van der Waals surface area contributed by atoms with Gasteiger partial charge in [-0.1, -0.05) is 18.2 Å². The molecule has 0 spiro atoms. The van der Waals surface area contributed by atoms with E-state index < -0.39 is 5.91 Å². The first kappa shape index (κ1) is 13.5. The van der Waals surface area contributed by atoms with Crippen molar-refractivity contribution >= 4 is 33.9 Å². The van der Waals surface area contributed by atoms with Gasteiger partial charge in [0.1, 0.15) is 11.6 Å². The summed E-state index contributed by atoms with van der Waals surface area (Å²) in [6.45, 7) is 0.0606. The van der Waals surface area contributed by atoms with Crippen LogP contribution in [0.25, 0.3) is 10.9 Å². The van der Waals surface area contributed by atoms with E-state index >= 15 is 0 Å². The summed E-state index contributed by atoms with van der Waals surface area (Å²) < 4.78 is 1.72. The minimum atomic E-state index is -0.435. The van der Waals surface area contributed by atoms with Gasteiger partial charge in [-0.15, -0.1) is 11.3 Å². The summed E-state index contributed by atoms with van der Waals surface area (Å²) in [6, 6.07) is 7.49. The van der Waals surface area contributed by atoms with Crippen molar-refractivity contribution in [3.05, 3.63) is 52.6 Å². The number of Topliss-reactive ketones (excluding diaryl/α,β-unsaturated/α-hetero) is 1. The minimum Gasteiger partial charge on any atom is -0.368 e. The molecule has 0 saturated carbocycles. The minimum absolute atomic E-state index is 0.00984. The molecule has 2 N–H and O–H groups in total. The lowest BCUT2D eigenvalue weighted by molar-refractivity contribution is -0.118. The van der Waals surface area contributed by atoms with E-state index in [2.05, 4.69) is 4.98 Å². The molecule has 1 aromatic carbocycles. The molecule has 0 bridgehead atoms. The van der Waals surface area contributed by atoms with Crippen molar-refractivity contribution in [3.8, 4) is 0 Å². The number of amides is 1. The molecule has 0 aliphatic heterocycles. The Morgan fingerprint density at radius 2 is 2.10 bits per heavy atom. The molecular formula is C15H13N3O2S. The summed E-state index contributed by atoms with van der Waals surface area (Å²) in [5.74, 6) is -0.445. The highest BCUT2D eigenvalue weighted by Gasteiger charge is 2.16. The first-order valence-corrected chi connectivity index (χ1v) is 7.31. The predicted molar refractivity (Wildman–Crippen MR) is 81.3 cm³/mol. The van der Waals surface area contributed by atoms with Crippen LogP contribution >= 0.6 is 11.3 Å². The Morgan fingerprint density at radius 1 is 1.29 bits per heavy atom. The quantitative estimate of drug-likeness (QED) is 0.732. The summed E-state index contributed by atoms with van der Waals surface area (Å²) in [5, 5.41) is 3.46. The van der Waals surface area contributed by atoms with E-state index in [0.717, 1.165) is 15.9 Å². The number of aromatic nitrogens is 2. The molecule has 106 valence electrons. The fourth-order valence-electron chi connectivity index (χ4n) is 2.34. The Bertz CT molecular complexity index is 806. The molecule has 5 nitrogen and oxygen atoms in total. The molecule has 0 aliphatic rings. The fraction of sp³-hybridized carbons (Fsp3) is 0.133. The van der Waals surface area contributed by atoms with Crippen LogP contribution in [0.2, 0.25) is 0 Å². The molecule has 3 rings (SSSR count). The van der Waals surface area contributed by atoms with Crippen molar-refractivity contribution in [2.45, 2.75) is 13.0 Å². The Morgan fingerprint density at radius 3 is 2.81 bits per heavy atom. The predicted octanol–water partition coefficient (Wildman–Crippen LogP) is 2.01. The highest BCUT2D eigenvalue weighted by atomic mass is 32.1. The summed E-state index contributed by atoms with van der Waals surface area (Å²) in [4.78, 5) is 27.8. The molecule has 21 heavy (non-hydrogen) atoms. The molecule has 0 saturated heterocycles. The number of primary amides is 1. The van der Waals surface area contributed by atoms with E-state index in [1.54, 1.807) is 17.0 Å². The van der Waals surface area contributed by atoms with Crippen molar-refractivity contribution in [2.75, 3.05) is 0 Å². The number of hydrogen-bond donors (Lipinski definition) is 1. The van der Waals surface area contributed by atoms with Gasteiger partial charge in [0.15, 0.2) is 5.78 Å². The number of fused-ring (bicyclic) bond motifs is 1. The summed E-state index contributed by atoms with van der Waals surface area (Å²) in [6.07, 6.45) is 3.65. The largest absolute Gasteiger partial charge is 0.368 e. The van der Waals surface area contributed by atoms with Crippen LogP contribution in [0.3, 0.4) is 0 Å². The molecular weight excluding hydrogens is 286 g/mol. The maximum Gasteiger partial charge on any atom is 0.237 e. The highest BCUT2D eigenvalue weighted by molar-refractivity contribution is 7.09. The van der Waals surface area contributed by atoms with Gasteiger partial charge in [0.2, 0.25) is 5.91 Å². The number of carbonyl (C=O) groups is 2. The molecule has 0 radical (unpaired) electrons. The number of benzene rings is 1. The third-order valence-electron chi connectivity index (χ3n) is 3.21. The second kappa shape index (κ2) is 5.49. The number of carbonyl (C=O) groups excluding carboxylic acids is 2. The monoisotopic (exact) mass is 299 g/mol. The van der Waals surface area contributed by atoms with Gasteiger partial charge < -0.3 is 10.3 Å². The molecule has 0 fully saturated rings. The SMILES string of the molecule is NC(=O)Cn1cc(C(=O)Cc2nccs2)c2ccccc21. The average molecular weight is 299 g/mol. The van der Waals surface area contributed by atoms with Crippen LogP contribution < -0.4 is 5.73 Å². The fourth-order valence-corrected chi connectivity index (χ4v) is 2.96. The molecule has 1 amide bonds. The number of nitrogens with two attached hydrogens (primary N) is 1. The molecule has 2 heterocycles. The lowest BCUT2D eigenvalue weighted by Gasteiger charge is -2.00. The zero-order valence-electron chi connectivity index (χ0n) is 11.2. The summed E-state index contributed by atoms with van der Waals surface area (Å²) in [7, 11) is 0. The molecule has 0 unspecified atom stereocenters. The van der Waals surface area contributed by atoms with Crippen LogP contribution in [0.15, 0.2) is 42.0 Å². The lowest BCUT2D eigenvalue weighted by Crippen LogP contribution is -2.18. The van der Waals surface area contributed by atoms with Crippen LogP contribution in [-0.2, 0) is 17.8 Å². The van der Waals surface area contributed by atoms with Crippen LogP contribution in [0.1, 0.15) is 15.4 Å². The van der Waals surface area contributed by atoms with Crippen LogP contribution in [-0.4, -0.2) is 21.2 Å².